The van der Waals surface area contributed by atoms with Gasteiger partial charge in [-0.15, -0.1) is 0 Å². The molecule has 0 spiro atoms. The molecular weight excluding hydrogens is 338 g/mol. The van der Waals surface area contributed by atoms with Gasteiger partial charge in [-0.2, -0.15) is 10.2 Å². The zero-order chi connectivity index (χ0) is 18.9. The predicted octanol–water partition coefficient (Wildman–Crippen LogP) is 5.76. The second-order valence-electron chi connectivity index (χ2n) is 5.68. The number of benzene rings is 3. The summed E-state index contributed by atoms with van der Waals surface area (Å²) in [6.07, 6.45) is 3.24. The van der Waals surface area contributed by atoms with Gasteiger partial charge in [0, 0.05) is 11.8 Å². The first kappa shape index (κ1) is 18.1. The van der Waals surface area contributed by atoms with Crippen molar-refractivity contribution < 1.29 is 9.53 Å². The van der Waals surface area contributed by atoms with Crippen LogP contribution in [-0.4, -0.2) is 13.0 Å². The Kier molecular flexibility index (Phi) is 6.09. The van der Waals surface area contributed by atoms with Crippen molar-refractivity contribution in [3.05, 3.63) is 90.5 Å². The van der Waals surface area contributed by atoms with Crippen LogP contribution in [0, 0.1) is 0 Å². The van der Waals surface area contributed by atoms with E-state index in [1.807, 2.05) is 54.6 Å². The second kappa shape index (κ2) is 9.10. The molecule has 1 N–H and O–H groups in total. The zero-order valence-corrected chi connectivity index (χ0v) is 14.9. The molecule has 0 atom stereocenters. The molecular formula is C22H19N3O2. The lowest BCUT2D eigenvalue weighted by molar-refractivity contribution is -0.111. The highest BCUT2D eigenvalue weighted by Gasteiger charge is 1.99. The van der Waals surface area contributed by atoms with E-state index in [-0.39, 0.29) is 5.91 Å². The fourth-order valence-corrected chi connectivity index (χ4v) is 2.29. The summed E-state index contributed by atoms with van der Waals surface area (Å²) in [5.41, 5.74) is 3.12. The summed E-state index contributed by atoms with van der Waals surface area (Å²) in [5, 5.41) is 11.1. The monoisotopic (exact) mass is 357 g/mol. The molecule has 0 aromatic heterocycles. The normalized spacial score (nSPS) is 11.0. The highest BCUT2D eigenvalue weighted by atomic mass is 16.5. The minimum Gasteiger partial charge on any atom is -0.497 e. The van der Waals surface area contributed by atoms with E-state index in [0.717, 1.165) is 17.0 Å². The van der Waals surface area contributed by atoms with Gasteiger partial charge in [0.05, 0.1) is 18.5 Å². The van der Waals surface area contributed by atoms with Crippen molar-refractivity contribution in [3.8, 4) is 5.75 Å². The molecule has 0 saturated carbocycles. The number of methoxy groups -OCH3 is 1. The lowest BCUT2D eigenvalue weighted by Gasteiger charge is -2.02. The number of rotatable bonds is 6. The van der Waals surface area contributed by atoms with Gasteiger partial charge in [-0.25, -0.2) is 0 Å². The Morgan fingerprint density at radius 2 is 1.48 bits per heavy atom. The van der Waals surface area contributed by atoms with Crippen LogP contribution >= 0.6 is 0 Å². The van der Waals surface area contributed by atoms with Crippen molar-refractivity contribution in [1.29, 1.82) is 0 Å². The Morgan fingerprint density at radius 3 is 2.11 bits per heavy atom. The molecule has 3 aromatic carbocycles. The summed E-state index contributed by atoms with van der Waals surface area (Å²) in [6, 6.07) is 24.2. The van der Waals surface area contributed by atoms with Crippen molar-refractivity contribution >= 4 is 29.0 Å². The van der Waals surface area contributed by atoms with E-state index in [1.165, 1.54) is 6.08 Å². The van der Waals surface area contributed by atoms with Crippen molar-refractivity contribution in [2.45, 2.75) is 0 Å². The summed E-state index contributed by atoms with van der Waals surface area (Å²) >= 11 is 0. The van der Waals surface area contributed by atoms with E-state index in [0.29, 0.717) is 11.4 Å². The third-order valence-electron chi connectivity index (χ3n) is 3.71. The molecule has 3 aromatic rings. The first-order valence-electron chi connectivity index (χ1n) is 8.43. The number of nitrogens with one attached hydrogen (secondary N) is 1. The van der Waals surface area contributed by atoms with Gasteiger partial charge in [-0.1, -0.05) is 30.3 Å². The molecule has 134 valence electrons. The van der Waals surface area contributed by atoms with Crippen LogP contribution in [-0.2, 0) is 4.79 Å². The number of hydrogen-bond donors (Lipinski definition) is 1. The number of nitrogens with zero attached hydrogens (tertiary/aromatic N) is 2. The fourth-order valence-electron chi connectivity index (χ4n) is 2.29. The standard InChI is InChI=1S/C22H19N3O2/c1-27-21-14-7-17(8-15-21)9-16-22(26)23-18-10-12-20(13-11-18)25-24-19-5-3-2-4-6-19/h2-16H,1H3,(H,23,26)/b16-9-,25-24?. The Bertz CT molecular complexity index is 932. The lowest BCUT2D eigenvalue weighted by Crippen LogP contribution is -2.07. The molecule has 3 rings (SSSR count). The van der Waals surface area contributed by atoms with Crippen LogP contribution in [0.1, 0.15) is 5.56 Å². The smallest absolute Gasteiger partial charge is 0.248 e. The van der Waals surface area contributed by atoms with E-state index in [4.69, 9.17) is 4.74 Å². The molecule has 0 aliphatic carbocycles. The Balaban J connectivity index is 1.56. The van der Waals surface area contributed by atoms with Gasteiger partial charge >= 0.3 is 0 Å². The molecule has 0 heterocycles. The Hall–Kier alpha value is -3.73. The zero-order valence-electron chi connectivity index (χ0n) is 14.9. The van der Waals surface area contributed by atoms with Gasteiger partial charge in [-0.05, 0) is 60.2 Å². The maximum atomic E-state index is 12.0. The third-order valence-corrected chi connectivity index (χ3v) is 3.71. The summed E-state index contributed by atoms with van der Waals surface area (Å²) in [6.45, 7) is 0. The summed E-state index contributed by atoms with van der Waals surface area (Å²) < 4.78 is 5.11. The average molecular weight is 357 g/mol. The molecule has 0 bridgehead atoms. The molecule has 1 amide bonds. The molecule has 0 fully saturated rings. The van der Waals surface area contributed by atoms with Crippen LogP contribution in [0.15, 0.2) is 95.2 Å². The lowest BCUT2D eigenvalue weighted by atomic mass is 10.2. The van der Waals surface area contributed by atoms with Gasteiger partial charge in [0.25, 0.3) is 0 Å². The molecule has 27 heavy (non-hydrogen) atoms. The molecule has 0 radical (unpaired) electrons. The molecule has 5 nitrogen and oxygen atoms in total. The van der Waals surface area contributed by atoms with E-state index in [9.17, 15) is 4.79 Å². The second-order valence-corrected chi connectivity index (χ2v) is 5.68. The van der Waals surface area contributed by atoms with Crippen LogP contribution in [0.4, 0.5) is 17.1 Å². The van der Waals surface area contributed by atoms with Gasteiger partial charge < -0.3 is 10.1 Å². The molecule has 5 heteroatoms. The molecule has 0 saturated heterocycles. The molecule has 0 aliphatic rings. The van der Waals surface area contributed by atoms with Crippen LogP contribution in [0.2, 0.25) is 0 Å². The largest absolute Gasteiger partial charge is 0.497 e. The maximum Gasteiger partial charge on any atom is 0.248 e. The number of carbonyl (C=O) groups is 1. The van der Waals surface area contributed by atoms with E-state index in [1.54, 1.807) is 37.5 Å². The van der Waals surface area contributed by atoms with Gasteiger partial charge in [0.15, 0.2) is 0 Å². The van der Waals surface area contributed by atoms with Crippen molar-refractivity contribution in [2.24, 2.45) is 10.2 Å². The van der Waals surface area contributed by atoms with E-state index < -0.39 is 0 Å². The average Bonchev–Trinajstić information content (AvgIpc) is 2.73. The van der Waals surface area contributed by atoms with Crippen molar-refractivity contribution in [3.63, 3.8) is 0 Å². The van der Waals surface area contributed by atoms with E-state index in [2.05, 4.69) is 15.5 Å². The minimum atomic E-state index is -0.204. The minimum absolute atomic E-state index is 0.204. The SMILES string of the molecule is COc1ccc(/C=C\C(=O)Nc2ccc(N=Nc3ccccc3)cc2)cc1. The van der Waals surface area contributed by atoms with Crippen molar-refractivity contribution in [2.75, 3.05) is 12.4 Å². The molecule has 0 aliphatic heterocycles. The number of carbonyl (C=O) groups excluding carboxylic acids is 1. The van der Waals surface area contributed by atoms with Gasteiger partial charge in [-0.3, -0.25) is 4.79 Å². The number of ether oxygens (including phenoxy) is 1. The topological polar surface area (TPSA) is 63.0 Å². The van der Waals surface area contributed by atoms with Crippen LogP contribution in [0.3, 0.4) is 0 Å². The highest BCUT2D eigenvalue weighted by Crippen LogP contribution is 2.20. The van der Waals surface area contributed by atoms with Crippen LogP contribution in [0.25, 0.3) is 6.08 Å². The number of hydrogen-bond acceptors (Lipinski definition) is 4. The summed E-state index contributed by atoms with van der Waals surface area (Å²) in [5.74, 6) is 0.575. The fraction of sp³-hybridized carbons (Fsp3) is 0.0455. The van der Waals surface area contributed by atoms with Gasteiger partial charge in [0.1, 0.15) is 5.75 Å². The quantitative estimate of drug-likeness (QED) is 0.450. The van der Waals surface area contributed by atoms with Crippen LogP contribution < -0.4 is 10.1 Å². The van der Waals surface area contributed by atoms with E-state index >= 15 is 0 Å². The first-order valence-corrected chi connectivity index (χ1v) is 8.43. The van der Waals surface area contributed by atoms with Crippen molar-refractivity contribution in [1.82, 2.24) is 0 Å². The third kappa shape index (κ3) is 5.64. The van der Waals surface area contributed by atoms with Crippen LogP contribution in [0.5, 0.6) is 5.75 Å². The summed E-state index contributed by atoms with van der Waals surface area (Å²) in [7, 11) is 1.62. The summed E-state index contributed by atoms with van der Waals surface area (Å²) in [4.78, 5) is 12.0. The first-order chi connectivity index (χ1) is 13.2. The Morgan fingerprint density at radius 1 is 0.852 bits per heavy atom. The maximum absolute atomic E-state index is 12.0. The number of anilines is 1. The number of amides is 1. The highest BCUT2D eigenvalue weighted by molar-refractivity contribution is 6.01. The Labute approximate surface area is 158 Å². The predicted molar refractivity (Wildman–Crippen MR) is 108 cm³/mol. The number of azo groups is 1. The van der Waals surface area contributed by atoms with Gasteiger partial charge in [0.2, 0.25) is 5.91 Å². The molecule has 0 unspecified atom stereocenters.